The van der Waals surface area contributed by atoms with Crippen molar-refractivity contribution in [3.63, 3.8) is 0 Å². The van der Waals surface area contributed by atoms with Crippen LogP contribution < -0.4 is 15.0 Å². The number of amides is 2. The molecule has 0 atom stereocenters. The number of hydrogen-bond donors (Lipinski definition) is 1. The third-order valence-electron chi connectivity index (χ3n) is 5.43. The Morgan fingerprint density at radius 1 is 1.12 bits per heavy atom. The van der Waals surface area contributed by atoms with Crippen LogP contribution in [0.1, 0.15) is 57.8 Å². The number of hydrogen-bond acceptors (Lipinski definition) is 3. The Morgan fingerprint density at radius 3 is 2.58 bits per heavy atom. The molecule has 1 aliphatic carbocycles. The highest BCUT2D eigenvalue weighted by Gasteiger charge is 2.21. The van der Waals surface area contributed by atoms with Crippen LogP contribution in [-0.4, -0.2) is 31.5 Å². The van der Waals surface area contributed by atoms with Crippen LogP contribution in [0.3, 0.4) is 0 Å². The third-order valence-corrected chi connectivity index (χ3v) is 5.43. The van der Waals surface area contributed by atoms with Gasteiger partial charge in [0.2, 0.25) is 5.91 Å². The van der Waals surface area contributed by atoms with Crippen LogP contribution in [0.15, 0.2) is 24.3 Å². The molecule has 2 fully saturated rings. The van der Waals surface area contributed by atoms with Crippen molar-refractivity contribution in [3.05, 3.63) is 24.3 Å². The summed E-state index contributed by atoms with van der Waals surface area (Å²) in [5.41, 5.74) is 0.895. The fourth-order valence-corrected chi connectivity index (χ4v) is 3.94. The van der Waals surface area contributed by atoms with Crippen LogP contribution in [0.25, 0.3) is 0 Å². The molecule has 0 bridgehead atoms. The molecule has 1 saturated carbocycles. The van der Waals surface area contributed by atoms with Gasteiger partial charge in [0.05, 0.1) is 0 Å². The molecule has 0 radical (unpaired) electrons. The highest BCUT2D eigenvalue weighted by atomic mass is 16.5. The van der Waals surface area contributed by atoms with Crippen LogP contribution in [0, 0.1) is 5.92 Å². The fourth-order valence-electron chi connectivity index (χ4n) is 3.94. The first-order valence-corrected chi connectivity index (χ1v) is 10.0. The van der Waals surface area contributed by atoms with Gasteiger partial charge in [0.1, 0.15) is 5.75 Å². The second-order valence-electron chi connectivity index (χ2n) is 7.43. The number of ether oxygens (including phenoxy) is 1. The number of nitrogens with one attached hydrogen (secondary N) is 1. The number of carbonyl (C=O) groups excluding carboxylic acids is 2. The van der Waals surface area contributed by atoms with Crippen LogP contribution >= 0.6 is 0 Å². The first-order chi connectivity index (χ1) is 12.7. The molecule has 2 aliphatic rings. The molecule has 1 heterocycles. The van der Waals surface area contributed by atoms with Crippen molar-refractivity contribution in [2.24, 2.45) is 5.92 Å². The molecule has 1 saturated heterocycles. The molecule has 0 spiro atoms. The summed E-state index contributed by atoms with van der Waals surface area (Å²) in [4.78, 5) is 25.4. The Balaban J connectivity index is 1.31. The van der Waals surface area contributed by atoms with E-state index in [0.29, 0.717) is 12.2 Å². The molecule has 1 aromatic rings. The lowest BCUT2D eigenvalue weighted by Crippen LogP contribution is -2.30. The lowest BCUT2D eigenvalue weighted by Gasteiger charge is -2.21. The summed E-state index contributed by atoms with van der Waals surface area (Å²) >= 11 is 0. The molecule has 5 heteroatoms. The maximum atomic E-state index is 11.9. The van der Waals surface area contributed by atoms with Crippen LogP contribution in [-0.2, 0) is 9.59 Å². The normalized spacial score (nSPS) is 18.2. The predicted octanol–water partition coefficient (Wildman–Crippen LogP) is 3.67. The van der Waals surface area contributed by atoms with Gasteiger partial charge in [-0.15, -0.1) is 0 Å². The van der Waals surface area contributed by atoms with Crippen LogP contribution in [0.4, 0.5) is 5.69 Å². The van der Waals surface area contributed by atoms with Gasteiger partial charge in [-0.3, -0.25) is 9.59 Å². The Morgan fingerprint density at radius 2 is 1.88 bits per heavy atom. The fraction of sp³-hybridized carbons (Fsp3) is 0.619. The van der Waals surface area contributed by atoms with Crippen LogP contribution in [0.5, 0.6) is 5.75 Å². The van der Waals surface area contributed by atoms with Gasteiger partial charge in [0.25, 0.3) is 5.91 Å². The van der Waals surface area contributed by atoms with Crippen molar-refractivity contribution in [3.8, 4) is 5.75 Å². The smallest absolute Gasteiger partial charge is 0.257 e. The van der Waals surface area contributed by atoms with Gasteiger partial charge < -0.3 is 15.0 Å². The van der Waals surface area contributed by atoms with Gasteiger partial charge in [-0.05, 0) is 49.4 Å². The van der Waals surface area contributed by atoms with E-state index in [1.165, 1.54) is 38.5 Å². The maximum Gasteiger partial charge on any atom is 0.257 e. The molecule has 1 aliphatic heterocycles. The number of nitrogens with zero attached hydrogens (tertiary/aromatic N) is 1. The SMILES string of the molecule is O=C(COc1ccc(N2CCCC2=O)cc1)NCCCC1CCCCC1. The van der Waals surface area contributed by atoms with E-state index in [-0.39, 0.29) is 18.4 Å². The number of anilines is 1. The predicted molar refractivity (Wildman–Crippen MR) is 102 cm³/mol. The standard InChI is InChI=1S/C21H30N2O3/c24-20(22-14-4-8-17-6-2-1-3-7-17)16-26-19-12-10-18(11-13-19)23-15-5-9-21(23)25/h10-13,17H,1-9,14-16H2,(H,22,24). The Hall–Kier alpha value is -2.04. The quantitative estimate of drug-likeness (QED) is 0.721. The van der Waals surface area contributed by atoms with E-state index in [1.54, 1.807) is 4.90 Å². The van der Waals surface area contributed by atoms with E-state index in [1.807, 2.05) is 24.3 Å². The zero-order valence-electron chi connectivity index (χ0n) is 15.5. The molecule has 2 amide bonds. The van der Waals surface area contributed by atoms with Crippen molar-refractivity contribution in [2.45, 2.75) is 57.8 Å². The molecule has 3 rings (SSSR count). The summed E-state index contributed by atoms with van der Waals surface area (Å²) in [5, 5.41) is 2.94. The number of carbonyl (C=O) groups is 2. The summed E-state index contributed by atoms with van der Waals surface area (Å²) in [6, 6.07) is 7.38. The van der Waals surface area contributed by atoms with Gasteiger partial charge in [0.15, 0.2) is 6.61 Å². The van der Waals surface area contributed by atoms with Crippen molar-refractivity contribution >= 4 is 17.5 Å². The summed E-state index contributed by atoms with van der Waals surface area (Å²) in [6.07, 6.45) is 10.7. The summed E-state index contributed by atoms with van der Waals surface area (Å²) in [6.45, 7) is 1.54. The van der Waals surface area contributed by atoms with Gasteiger partial charge in [-0.2, -0.15) is 0 Å². The molecule has 26 heavy (non-hydrogen) atoms. The Labute approximate surface area is 156 Å². The largest absolute Gasteiger partial charge is 0.484 e. The summed E-state index contributed by atoms with van der Waals surface area (Å²) < 4.78 is 5.54. The molecular weight excluding hydrogens is 328 g/mol. The number of benzene rings is 1. The van der Waals surface area contributed by atoms with E-state index in [0.717, 1.165) is 37.5 Å². The second-order valence-corrected chi connectivity index (χ2v) is 7.43. The van der Waals surface area contributed by atoms with E-state index in [2.05, 4.69) is 5.32 Å². The van der Waals surface area contributed by atoms with Crippen molar-refractivity contribution < 1.29 is 14.3 Å². The van der Waals surface area contributed by atoms with Crippen molar-refractivity contribution in [1.29, 1.82) is 0 Å². The maximum absolute atomic E-state index is 11.9. The highest BCUT2D eigenvalue weighted by Crippen LogP contribution is 2.27. The average Bonchev–Trinajstić information content (AvgIpc) is 3.11. The molecule has 0 aromatic heterocycles. The zero-order chi connectivity index (χ0) is 18.2. The minimum Gasteiger partial charge on any atom is -0.484 e. The Bertz CT molecular complexity index is 594. The topological polar surface area (TPSA) is 58.6 Å². The van der Waals surface area contributed by atoms with Gasteiger partial charge in [-0.1, -0.05) is 32.1 Å². The molecular formula is C21H30N2O3. The minimum atomic E-state index is -0.0764. The average molecular weight is 358 g/mol. The molecule has 1 aromatic carbocycles. The number of rotatable bonds is 8. The van der Waals surface area contributed by atoms with Gasteiger partial charge in [-0.25, -0.2) is 0 Å². The van der Waals surface area contributed by atoms with E-state index in [9.17, 15) is 9.59 Å². The summed E-state index contributed by atoms with van der Waals surface area (Å²) in [7, 11) is 0. The lowest BCUT2D eigenvalue weighted by atomic mass is 9.86. The first kappa shape index (κ1) is 18.7. The van der Waals surface area contributed by atoms with Gasteiger partial charge >= 0.3 is 0 Å². The van der Waals surface area contributed by atoms with Crippen molar-refractivity contribution in [2.75, 3.05) is 24.6 Å². The first-order valence-electron chi connectivity index (χ1n) is 10.0. The lowest BCUT2D eigenvalue weighted by molar-refractivity contribution is -0.123. The Kier molecular flexibility index (Phi) is 6.92. The van der Waals surface area contributed by atoms with E-state index in [4.69, 9.17) is 4.74 Å². The third kappa shape index (κ3) is 5.48. The van der Waals surface area contributed by atoms with Crippen LogP contribution in [0.2, 0.25) is 0 Å². The molecule has 5 nitrogen and oxygen atoms in total. The molecule has 0 unspecified atom stereocenters. The monoisotopic (exact) mass is 358 g/mol. The minimum absolute atomic E-state index is 0.0332. The van der Waals surface area contributed by atoms with E-state index < -0.39 is 0 Å². The summed E-state index contributed by atoms with van der Waals surface area (Å²) in [5.74, 6) is 1.61. The van der Waals surface area contributed by atoms with E-state index >= 15 is 0 Å². The molecule has 1 N–H and O–H groups in total. The second kappa shape index (κ2) is 9.60. The highest BCUT2D eigenvalue weighted by molar-refractivity contribution is 5.95. The van der Waals surface area contributed by atoms with Gasteiger partial charge in [0, 0.05) is 25.2 Å². The molecule has 142 valence electrons. The van der Waals surface area contributed by atoms with Crippen molar-refractivity contribution in [1.82, 2.24) is 5.32 Å². The zero-order valence-corrected chi connectivity index (χ0v) is 15.5.